The fourth-order valence-corrected chi connectivity index (χ4v) is 3.35. The highest BCUT2D eigenvalue weighted by Gasteiger charge is 2.26. The van der Waals surface area contributed by atoms with Crippen molar-refractivity contribution in [3.8, 4) is 0 Å². The molecule has 1 heteroatoms. The number of nitrogens with one attached hydrogen (secondary N) is 1. The van der Waals surface area contributed by atoms with Gasteiger partial charge in [-0.05, 0) is 50.9 Å². The summed E-state index contributed by atoms with van der Waals surface area (Å²) in [5.74, 6) is 2.11. The standard InChI is InChI=1S/C15H29N/c1-3-4-13-7-9-15(10-8-13)16-12(2)11-14-5-6-14/h12-16H,3-11H2,1-2H3. The van der Waals surface area contributed by atoms with Crippen LogP contribution in [-0.4, -0.2) is 12.1 Å². The Balaban J connectivity index is 1.60. The van der Waals surface area contributed by atoms with Crippen molar-refractivity contribution in [2.75, 3.05) is 0 Å². The minimum absolute atomic E-state index is 0.764. The lowest BCUT2D eigenvalue weighted by molar-refractivity contribution is 0.261. The molecule has 2 saturated carbocycles. The third-order valence-corrected chi connectivity index (χ3v) is 4.45. The summed E-state index contributed by atoms with van der Waals surface area (Å²) < 4.78 is 0. The van der Waals surface area contributed by atoms with Gasteiger partial charge in [0.1, 0.15) is 0 Å². The van der Waals surface area contributed by atoms with Crippen LogP contribution in [0.2, 0.25) is 0 Å². The van der Waals surface area contributed by atoms with Crippen LogP contribution in [0.15, 0.2) is 0 Å². The number of hydrogen-bond donors (Lipinski definition) is 1. The van der Waals surface area contributed by atoms with Gasteiger partial charge in [0, 0.05) is 12.1 Å². The fraction of sp³-hybridized carbons (Fsp3) is 1.00. The SMILES string of the molecule is CCCC1CCC(NC(C)CC2CC2)CC1. The minimum atomic E-state index is 0.764. The van der Waals surface area contributed by atoms with Crippen molar-refractivity contribution in [3.05, 3.63) is 0 Å². The van der Waals surface area contributed by atoms with Gasteiger partial charge in [0.15, 0.2) is 0 Å². The van der Waals surface area contributed by atoms with Crippen LogP contribution in [0.4, 0.5) is 0 Å². The molecule has 0 saturated heterocycles. The molecule has 0 radical (unpaired) electrons. The summed E-state index contributed by atoms with van der Waals surface area (Å²) in [7, 11) is 0. The molecule has 0 aromatic heterocycles. The van der Waals surface area contributed by atoms with E-state index >= 15 is 0 Å². The Hall–Kier alpha value is -0.0400. The largest absolute Gasteiger partial charge is 0.311 e. The van der Waals surface area contributed by atoms with Gasteiger partial charge >= 0.3 is 0 Å². The second kappa shape index (κ2) is 6.05. The molecule has 2 rings (SSSR count). The molecule has 0 aromatic rings. The van der Waals surface area contributed by atoms with Crippen LogP contribution in [0.25, 0.3) is 0 Å². The van der Waals surface area contributed by atoms with E-state index < -0.39 is 0 Å². The first kappa shape index (κ1) is 12.4. The average molecular weight is 223 g/mol. The molecule has 1 N–H and O–H groups in total. The Morgan fingerprint density at radius 3 is 2.19 bits per heavy atom. The Bertz CT molecular complexity index is 190. The Kier molecular flexibility index (Phi) is 4.69. The highest BCUT2D eigenvalue weighted by molar-refractivity contribution is 4.82. The maximum Gasteiger partial charge on any atom is 0.00697 e. The van der Waals surface area contributed by atoms with E-state index in [0.717, 1.165) is 23.9 Å². The van der Waals surface area contributed by atoms with Crippen LogP contribution < -0.4 is 5.32 Å². The molecule has 94 valence electrons. The second-order valence-electron chi connectivity index (χ2n) is 6.25. The molecule has 1 atom stereocenters. The summed E-state index contributed by atoms with van der Waals surface area (Å²) in [6.45, 7) is 4.71. The lowest BCUT2D eigenvalue weighted by Crippen LogP contribution is -2.39. The van der Waals surface area contributed by atoms with Gasteiger partial charge in [-0.15, -0.1) is 0 Å². The first-order valence-corrected chi connectivity index (χ1v) is 7.54. The van der Waals surface area contributed by atoms with Crippen LogP contribution >= 0.6 is 0 Å². The average Bonchev–Trinajstić information content (AvgIpc) is 3.05. The predicted octanol–water partition coefficient (Wildman–Crippen LogP) is 4.12. The van der Waals surface area contributed by atoms with E-state index in [1.54, 1.807) is 0 Å². The van der Waals surface area contributed by atoms with Crippen LogP contribution in [0.5, 0.6) is 0 Å². The lowest BCUT2D eigenvalue weighted by atomic mass is 9.83. The van der Waals surface area contributed by atoms with Crippen LogP contribution in [0.3, 0.4) is 0 Å². The molecule has 16 heavy (non-hydrogen) atoms. The molecule has 0 heterocycles. The summed E-state index contributed by atoms with van der Waals surface area (Å²) in [6.07, 6.45) is 13.1. The topological polar surface area (TPSA) is 12.0 Å². The van der Waals surface area contributed by atoms with Gasteiger partial charge in [-0.1, -0.05) is 32.6 Å². The smallest absolute Gasteiger partial charge is 0.00697 e. The van der Waals surface area contributed by atoms with E-state index in [2.05, 4.69) is 19.2 Å². The van der Waals surface area contributed by atoms with Crippen molar-refractivity contribution in [1.29, 1.82) is 0 Å². The first-order valence-electron chi connectivity index (χ1n) is 7.54. The molecule has 2 aliphatic rings. The quantitative estimate of drug-likeness (QED) is 0.714. The zero-order valence-corrected chi connectivity index (χ0v) is 11.2. The van der Waals surface area contributed by atoms with Gasteiger partial charge in [0.25, 0.3) is 0 Å². The predicted molar refractivity (Wildman–Crippen MR) is 70.6 cm³/mol. The van der Waals surface area contributed by atoms with Crippen molar-refractivity contribution >= 4 is 0 Å². The van der Waals surface area contributed by atoms with E-state index in [1.165, 1.54) is 57.8 Å². The van der Waals surface area contributed by atoms with Crippen molar-refractivity contribution in [2.24, 2.45) is 11.8 Å². The maximum atomic E-state index is 3.85. The number of hydrogen-bond acceptors (Lipinski definition) is 1. The molecular weight excluding hydrogens is 194 g/mol. The van der Waals surface area contributed by atoms with Crippen molar-refractivity contribution in [2.45, 2.75) is 83.7 Å². The van der Waals surface area contributed by atoms with Gasteiger partial charge in [-0.25, -0.2) is 0 Å². The Morgan fingerprint density at radius 1 is 1.00 bits per heavy atom. The van der Waals surface area contributed by atoms with Gasteiger partial charge in [0.2, 0.25) is 0 Å². The molecule has 1 nitrogen and oxygen atoms in total. The van der Waals surface area contributed by atoms with Gasteiger partial charge in [0.05, 0.1) is 0 Å². The molecule has 2 fully saturated rings. The molecular formula is C15H29N. The molecule has 0 amide bonds. The molecule has 0 aliphatic heterocycles. The van der Waals surface area contributed by atoms with Gasteiger partial charge < -0.3 is 5.32 Å². The third kappa shape index (κ3) is 4.08. The zero-order valence-electron chi connectivity index (χ0n) is 11.2. The van der Waals surface area contributed by atoms with Gasteiger partial charge in [-0.2, -0.15) is 0 Å². The van der Waals surface area contributed by atoms with Gasteiger partial charge in [-0.3, -0.25) is 0 Å². The second-order valence-corrected chi connectivity index (χ2v) is 6.25. The highest BCUT2D eigenvalue weighted by atomic mass is 14.9. The van der Waals surface area contributed by atoms with E-state index in [0.29, 0.717) is 0 Å². The molecule has 0 spiro atoms. The summed E-state index contributed by atoms with van der Waals surface area (Å²) >= 11 is 0. The Labute approximate surface area is 101 Å². The van der Waals surface area contributed by atoms with E-state index in [-0.39, 0.29) is 0 Å². The highest BCUT2D eigenvalue weighted by Crippen LogP contribution is 2.34. The van der Waals surface area contributed by atoms with E-state index in [9.17, 15) is 0 Å². The summed E-state index contributed by atoms with van der Waals surface area (Å²) in [5.41, 5.74) is 0. The van der Waals surface area contributed by atoms with Crippen molar-refractivity contribution < 1.29 is 0 Å². The molecule has 1 unspecified atom stereocenters. The molecule has 2 aliphatic carbocycles. The van der Waals surface area contributed by atoms with Crippen LogP contribution in [0.1, 0.15) is 71.6 Å². The van der Waals surface area contributed by atoms with E-state index in [1.807, 2.05) is 0 Å². The molecule has 0 bridgehead atoms. The van der Waals surface area contributed by atoms with Crippen molar-refractivity contribution in [1.82, 2.24) is 5.32 Å². The normalized spacial score (nSPS) is 32.6. The first-order chi connectivity index (χ1) is 7.78. The maximum absolute atomic E-state index is 3.85. The van der Waals surface area contributed by atoms with Crippen LogP contribution in [0, 0.1) is 11.8 Å². The monoisotopic (exact) mass is 223 g/mol. The summed E-state index contributed by atoms with van der Waals surface area (Å²) in [6, 6.07) is 1.60. The lowest BCUT2D eigenvalue weighted by Gasteiger charge is -2.31. The summed E-state index contributed by atoms with van der Waals surface area (Å²) in [5, 5.41) is 3.85. The fourth-order valence-electron chi connectivity index (χ4n) is 3.35. The minimum Gasteiger partial charge on any atom is -0.311 e. The van der Waals surface area contributed by atoms with Crippen molar-refractivity contribution in [3.63, 3.8) is 0 Å². The van der Waals surface area contributed by atoms with E-state index in [4.69, 9.17) is 0 Å². The summed E-state index contributed by atoms with van der Waals surface area (Å²) in [4.78, 5) is 0. The third-order valence-electron chi connectivity index (χ3n) is 4.45. The molecule has 0 aromatic carbocycles. The number of rotatable bonds is 6. The van der Waals surface area contributed by atoms with Crippen LogP contribution in [-0.2, 0) is 0 Å². The zero-order chi connectivity index (χ0) is 11.4. The Morgan fingerprint density at radius 2 is 1.62 bits per heavy atom.